The molecule has 88 valence electrons. The second-order valence-corrected chi connectivity index (χ2v) is 5.22. The van der Waals surface area contributed by atoms with E-state index in [0.29, 0.717) is 5.92 Å². The van der Waals surface area contributed by atoms with E-state index in [1.165, 1.54) is 12.0 Å². The maximum atomic E-state index is 10.6. The van der Waals surface area contributed by atoms with Crippen molar-refractivity contribution in [3.63, 3.8) is 0 Å². The zero-order chi connectivity index (χ0) is 11.6. The molecule has 1 aromatic heterocycles. The number of hydrogen-bond acceptors (Lipinski definition) is 2. The monoisotopic (exact) mass is 219 g/mol. The normalized spacial score (nSPS) is 20.0. The summed E-state index contributed by atoms with van der Waals surface area (Å²) in [6.45, 7) is 4.34. The van der Waals surface area contributed by atoms with Gasteiger partial charge in [0.05, 0.1) is 5.69 Å². The van der Waals surface area contributed by atoms with Crippen molar-refractivity contribution in [2.45, 2.75) is 57.5 Å². The molecule has 1 fully saturated rings. The van der Waals surface area contributed by atoms with Gasteiger partial charge in [-0.1, -0.05) is 33.1 Å². The molecule has 0 aliphatic heterocycles. The second kappa shape index (κ2) is 4.54. The van der Waals surface area contributed by atoms with Crippen LogP contribution in [0.25, 0.3) is 0 Å². The van der Waals surface area contributed by atoms with Crippen LogP contribution < -0.4 is 0 Å². The van der Waals surface area contributed by atoms with Gasteiger partial charge >= 0.3 is 0 Å². The summed E-state index contributed by atoms with van der Waals surface area (Å²) in [7, 11) is 0. The van der Waals surface area contributed by atoms with E-state index < -0.39 is 5.60 Å². The summed E-state index contributed by atoms with van der Waals surface area (Å²) in [4.78, 5) is 4.37. The molecule has 1 heterocycles. The lowest BCUT2D eigenvalue weighted by atomic mass is 9.81. The van der Waals surface area contributed by atoms with Gasteiger partial charge < -0.3 is 5.11 Å². The van der Waals surface area contributed by atoms with Crippen LogP contribution in [0.1, 0.15) is 63.1 Å². The highest BCUT2D eigenvalue weighted by Gasteiger charge is 2.32. The molecule has 1 aliphatic rings. The summed E-state index contributed by atoms with van der Waals surface area (Å²) in [6, 6.07) is 4.12. The van der Waals surface area contributed by atoms with Crippen LogP contribution in [0.5, 0.6) is 0 Å². The van der Waals surface area contributed by atoms with Gasteiger partial charge in [0, 0.05) is 6.20 Å². The number of aromatic nitrogens is 1. The molecule has 0 amide bonds. The fourth-order valence-electron chi connectivity index (χ4n) is 2.45. The second-order valence-electron chi connectivity index (χ2n) is 5.22. The summed E-state index contributed by atoms with van der Waals surface area (Å²) in [5, 5.41) is 10.6. The first-order valence-corrected chi connectivity index (χ1v) is 6.31. The molecule has 1 saturated carbocycles. The van der Waals surface area contributed by atoms with Gasteiger partial charge in [0.1, 0.15) is 5.60 Å². The van der Waals surface area contributed by atoms with Crippen LogP contribution in [-0.4, -0.2) is 10.1 Å². The first-order valence-electron chi connectivity index (χ1n) is 6.31. The Bertz CT molecular complexity index is 354. The highest BCUT2D eigenvalue weighted by Crippen LogP contribution is 2.36. The maximum Gasteiger partial charge on any atom is 0.106 e. The molecule has 2 heteroatoms. The van der Waals surface area contributed by atoms with Crippen LogP contribution in [0.3, 0.4) is 0 Å². The third-order valence-electron chi connectivity index (χ3n) is 3.61. The molecule has 0 unspecified atom stereocenters. The maximum absolute atomic E-state index is 10.6. The molecule has 2 nitrogen and oxygen atoms in total. The lowest BCUT2D eigenvalue weighted by molar-refractivity contribution is -0.00471. The minimum absolute atomic E-state index is 0.494. The van der Waals surface area contributed by atoms with E-state index in [0.717, 1.165) is 31.4 Å². The predicted molar refractivity (Wildman–Crippen MR) is 65.3 cm³/mol. The van der Waals surface area contributed by atoms with E-state index in [1.807, 2.05) is 12.3 Å². The Labute approximate surface area is 97.7 Å². The van der Waals surface area contributed by atoms with Gasteiger partial charge in [-0.25, -0.2) is 0 Å². The lowest BCUT2D eigenvalue weighted by Crippen LogP contribution is -2.29. The molecular weight excluding hydrogens is 198 g/mol. The van der Waals surface area contributed by atoms with Crippen LogP contribution in [0.2, 0.25) is 0 Å². The van der Waals surface area contributed by atoms with Crippen LogP contribution in [0, 0.1) is 0 Å². The number of rotatable bonds is 2. The first kappa shape index (κ1) is 11.6. The summed E-state index contributed by atoms with van der Waals surface area (Å²) in [5.74, 6) is 0.494. The van der Waals surface area contributed by atoms with E-state index in [1.54, 1.807) is 0 Å². The molecule has 0 spiro atoms. The Kier molecular flexibility index (Phi) is 3.29. The highest BCUT2D eigenvalue weighted by molar-refractivity contribution is 5.23. The molecule has 0 saturated heterocycles. The van der Waals surface area contributed by atoms with Crippen molar-refractivity contribution in [1.29, 1.82) is 0 Å². The first-order chi connectivity index (χ1) is 7.62. The summed E-state index contributed by atoms with van der Waals surface area (Å²) in [5.41, 5.74) is 1.48. The van der Waals surface area contributed by atoms with Crippen LogP contribution in [0.15, 0.2) is 18.3 Å². The van der Waals surface area contributed by atoms with Crippen molar-refractivity contribution in [2.75, 3.05) is 0 Å². The number of pyridine rings is 1. The van der Waals surface area contributed by atoms with Crippen LogP contribution in [0.4, 0.5) is 0 Å². The van der Waals surface area contributed by atoms with Crippen molar-refractivity contribution < 1.29 is 5.11 Å². The molecule has 1 aliphatic carbocycles. The number of nitrogens with zero attached hydrogens (tertiary/aromatic N) is 1. The minimum atomic E-state index is -0.664. The van der Waals surface area contributed by atoms with Gasteiger partial charge in [-0.15, -0.1) is 0 Å². The predicted octanol–water partition coefficient (Wildman–Crippen LogP) is 3.36. The van der Waals surface area contributed by atoms with Crippen molar-refractivity contribution in [1.82, 2.24) is 4.98 Å². The fraction of sp³-hybridized carbons (Fsp3) is 0.643. The fourth-order valence-corrected chi connectivity index (χ4v) is 2.45. The molecule has 0 bridgehead atoms. The summed E-state index contributed by atoms with van der Waals surface area (Å²) in [6.07, 6.45) is 7.03. The third kappa shape index (κ3) is 2.27. The Morgan fingerprint density at radius 2 is 1.94 bits per heavy atom. The average Bonchev–Trinajstić information content (AvgIpc) is 2.30. The Balaban J connectivity index is 2.28. The quantitative estimate of drug-likeness (QED) is 0.827. The molecule has 0 radical (unpaired) electrons. The van der Waals surface area contributed by atoms with E-state index in [4.69, 9.17) is 0 Å². The number of hydrogen-bond donors (Lipinski definition) is 1. The van der Waals surface area contributed by atoms with Gasteiger partial charge in [0.15, 0.2) is 0 Å². The van der Waals surface area contributed by atoms with Crippen molar-refractivity contribution in [3.05, 3.63) is 29.6 Å². The van der Waals surface area contributed by atoms with Crippen molar-refractivity contribution >= 4 is 0 Å². The number of aliphatic hydroxyl groups is 1. The molecule has 0 aromatic carbocycles. The molecule has 16 heavy (non-hydrogen) atoms. The van der Waals surface area contributed by atoms with E-state index in [2.05, 4.69) is 24.9 Å². The van der Waals surface area contributed by atoms with Crippen LogP contribution in [-0.2, 0) is 5.60 Å². The van der Waals surface area contributed by atoms with Crippen LogP contribution >= 0.6 is 0 Å². The SMILES string of the molecule is CC(C)c1ccnc(C2(O)CCCCC2)c1. The molecule has 1 N–H and O–H groups in total. The molecule has 2 rings (SSSR count). The zero-order valence-corrected chi connectivity index (χ0v) is 10.2. The van der Waals surface area contributed by atoms with E-state index in [9.17, 15) is 5.11 Å². The molecule has 0 atom stereocenters. The van der Waals surface area contributed by atoms with E-state index >= 15 is 0 Å². The third-order valence-corrected chi connectivity index (χ3v) is 3.61. The van der Waals surface area contributed by atoms with Gasteiger partial charge in [-0.2, -0.15) is 0 Å². The van der Waals surface area contributed by atoms with Gasteiger partial charge in [-0.3, -0.25) is 4.98 Å². The lowest BCUT2D eigenvalue weighted by Gasteiger charge is -2.31. The van der Waals surface area contributed by atoms with Gasteiger partial charge in [0.2, 0.25) is 0 Å². The Morgan fingerprint density at radius 1 is 1.25 bits per heavy atom. The Morgan fingerprint density at radius 3 is 2.56 bits per heavy atom. The van der Waals surface area contributed by atoms with Gasteiger partial charge in [0.25, 0.3) is 0 Å². The molecular formula is C14H21NO. The average molecular weight is 219 g/mol. The standard InChI is InChI=1S/C14H21NO/c1-11(2)12-6-9-15-13(10-12)14(16)7-4-3-5-8-14/h6,9-11,16H,3-5,7-8H2,1-2H3. The summed E-state index contributed by atoms with van der Waals surface area (Å²) >= 11 is 0. The topological polar surface area (TPSA) is 33.1 Å². The van der Waals surface area contributed by atoms with E-state index in [-0.39, 0.29) is 0 Å². The van der Waals surface area contributed by atoms with Crippen molar-refractivity contribution in [3.8, 4) is 0 Å². The largest absolute Gasteiger partial charge is 0.384 e. The minimum Gasteiger partial charge on any atom is -0.384 e. The zero-order valence-electron chi connectivity index (χ0n) is 10.2. The smallest absolute Gasteiger partial charge is 0.106 e. The van der Waals surface area contributed by atoms with Gasteiger partial charge in [-0.05, 0) is 36.5 Å². The Hall–Kier alpha value is -0.890. The summed E-state index contributed by atoms with van der Waals surface area (Å²) < 4.78 is 0. The highest BCUT2D eigenvalue weighted by atomic mass is 16.3. The molecule has 1 aromatic rings. The van der Waals surface area contributed by atoms with Crippen molar-refractivity contribution in [2.24, 2.45) is 0 Å².